The fourth-order valence-electron chi connectivity index (χ4n) is 1.10. The molecule has 0 heterocycles. The summed E-state index contributed by atoms with van der Waals surface area (Å²) in [6.07, 6.45) is 0.375. The number of phenolic OH excluding ortho intramolecular Hbond substituents is 1. The van der Waals surface area contributed by atoms with E-state index in [0.717, 1.165) is 0 Å². The maximum absolute atomic E-state index is 9.25. The molecule has 1 rings (SSSR count). The van der Waals surface area contributed by atoms with Gasteiger partial charge < -0.3 is 18.9 Å². The maximum atomic E-state index is 9.25. The van der Waals surface area contributed by atoms with Crippen molar-refractivity contribution >= 4 is 8.38 Å². The van der Waals surface area contributed by atoms with Gasteiger partial charge in [-0.3, -0.25) is 0 Å². The standard InChI is InChI=1S/C11H17O4P.C2H6/c1-3-14-16(15-4-2)9-13-11-7-5-6-10(12)8-11;1-2/h5-8,12H,3-4,9H2,1-2H3;1-2H3. The van der Waals surface area contributed by atoms with E-state index in [1.807, 2.05) is 27.7 Å². The fourth-order valence-corrected chi connectivity index (χ4v) is 2.15. The second-order valence-electron chi connectivity index (χ2n) is 2.94. The summed E-state index contributed by atoms with van der Waals surface area (Å²) in [6, 6.07) is 6.67. The molecule has 4 nitrogen and oxygen atoms in total. The minimum absolute atomic E-state index is 0.189. The van der Waals surface area contributed by atoms with Gasteiger partial charge in [0, 0.05) is 6.07 Å². The van der Waals surface area contributed by atoms with Crippen LogP contribution in [0.5, 0.6) is 11.5 Å². The quantitative estimate of drug-likeness (QED) is 0.759. The molecule has 1 aromatic rings. The minimum atomic E-state index is -0.998. The van der Waals surface area contributed by atoms with Crippen LogP contribution in [0.2, 0.25) is 0 Å². The molecule has 0 saturated carbocycles. The number of phenols is 1. The van der Waals surface area contributed by atoms with Crippen molar-refractivity contribution in [1.82, 2.24) is 0 Å². The zero-order chi connectivity index (χ0) is 13.8. The topological polar surface area (TPSA) is 47.9 Å². The van der Waals surface area contributed by atoms with Gasteiger partial charge in [-0.15, -0.1) is 0 Å². The maximum Gasteiger partial charge on any atom is 0.211 e. The third kappa shape index (κ3) is 7.49. The molecule has 104 valence electrons. The smallest absolute Gasteiger partial charge is 0.211 e. The molecule has 0 unspecified atom stereocenters. The third-order valence-corrected chi connectivity index (χ3v) is 3.13. The molecule has 5 heteroatoms. The van der Waals surface area contributed by atoms with Crippen LogP contribution in [-0.4, -0.2) is 24.7 Å². The number of aromatic hydroxyl groups is 1. The molecule has 0 amide bonds. The lowest BCUT2D eigenvalue weighted by atomic mass is 10.3. The van der Waals surface area contributed by atoms with Crippen molar-refractivity contribution in [3.63, 3.8) is 0 Å². The van der Waals surface area contributed by atoms with E-state index in [-0.39, 0.29) is 5.75 Å². The number of rotatable bonds is 7. The number of ether oxygens (including phenoxy) is 1. The average Bonchev–Trinajstić information content (AvgIpc) is 2.39. The third-order valence-electron chi connectivity index (χ3n) is 1.70. The minimum Gasteiger partial charge on any atom is -0.508 e. The van der Waals surface area contributed by atoms with Crippen molar-refractivity contribution in [3.05, 3.63) is 24.3 Å². The average molecular weight is 274 g/mol. The van der Waals surface area contributed by atoms with E-state index in [2.05, 4.69) is 0 Å². The van der Waals surface area contributed by atoms with Gasteiger partial charge in [-0.05, 0) is 26.0 Å². The summed E-state index contributed by atoms with van der Waals surface area (Å²) < 4.78 is 16.3. The summed E-state index contributed by atoms with van der Waals surface area (Å²) in [5, 5.41) is 9.25. The zero-order valence-corrected chi connectivity index (χ0v) is 12.4. The van der Waals surface area contributed by atoms with Crippen molar-refractivity contribution in [1.29, 1.82) is 0 Å². The second kappa shape index (κ2) is 11.3. The molecule has 0 aliphatic rings. The highest BCUT2D eigenvalue weighted by Crippen LogP contribution is 2.38. The van der Waals surface area contributed by atoms with Gasteiger partial charge in [-0.1, -0.05) is 19.9 Å². The number of hydrogen-bond donors (Lipinski definition) is 1. The first-order valence-corrected chi connectivity index (χ1v) is 7.57. The Kier molecular flexibility index (Phi) is 10.8. The van der Waals surface area contributed by atoms with Crippen LogP contribution in [-0.2, 0) is 9.05 Å². The van der Waals surface area contributed by atoms with Crippen LogP contribution in [0.4, 0.5) is 0 Å². The Morgan fingerprint density at radius 2 is 1.72 bits per heavy atom. The molecular weight excluding hydrogens is 251 g/mol. The van der Waals surface area contributed by atoms with Crippen LogP contribution in [0.15, 0.2) is 24.3 Å². The van der Waals surface area contributed by atoms with Crippen molar-refractivity contribution in [2.24, 2.45) is 0 Å². The molecule has 0 aliphatic carbocycles. The van der Waals surface area contributed by atoms with E-state index < -0.39 is 8.38 Å². The highest BCUT2D eigenvalue weighted by Gasteiger charge is 2.10. The summed E-state index contributed by atoms with van der Waals surface area (Å²) in [5.74, 6) is 0.807. The Balaban J connectivity index is 0.00000137. The van der Waals surface area contributed by atoms with Gasteiger partial charge in [0.25, 0.3) is 0 Å². The molecule has 0 atom stereocenters. The van der Waals surface area contributed by atoms with Gasteiger partial charge >= 0.3 is 0 Å². The van der Waals surface area contributed by atoms with Crippen molar-refractivity contribution in [2.45, 2.75) is 27.7 Å². The Morgan fingerprint density at radius 1 is 1.11 bits per heavy atom. The predicted octanol–water partition coefficient (Wildman–Crippen LogP) is 4.14. The van der Waals surface area contributed by atoms with Crippen molar-refractivity contribution in [2.75, 3.05) is 19.6 Å². The van der Waals surface area contributed by atoms with Gasteiger partial charge in [0.2, 0.25) is 8.38 Å². The first-order valence-electron chi connectivity index (χ1n) is 6.21. The van der Waals surface area contributed by atoms with E-state index >= 15 is 0 Å². The van der Waals surface area contributed by atoms with E-state index in [4.69, 9.17) is 13.8 Å². The first kappa shape index (κ1) is 17.2. The van der Waals surface area contributed by atoms with Crippen molar-refractivity contribution in [3.8, 4) is 11.5 Å². The molecule has 18 heavy (non-hydrogen) atoms. The lowest BCUT2D eigenvalue weighted by Gasteiger charge is -2.16. The van der Waals surface area contributed by atoms with E-state index in [1.165, 1.54) is 0 Å². The Labute approximate surface area is 111 Å². The Hall–Kier alpha value is -0.830. The highest BCUT2D eigenvalue weighted by molar-refractivity contribution is 7.47. The molecule has 0 bridgehead atoms. The Bertz CT molecular complexity index is 301. The van der Waals surface area contributed by atoms with Crippen LogP contribution in [0.1, 0.15) is 27.7 Å². The summed E-state index contributed by atoms with van der Waals surface area (Å²) in [6.45, 7) is 9.05. The molecule has 1 aromatic carbocycles. The SMILES string of the molecule is CC.CCOP(COc1cccc(O)c1)OCC. The van der Waals surface area contributed by atoms with E-state index in [9.17, 15) is 5.11 Å². The van der Waals surface area contributed by atoms with Gasteiger partial charge in [0.05, 0.1) is 13.2 Å². The molecule has 0 saturated heterocycles. The molecular formula is C13H23O4P. The first-order chi connectivity index (χ1) is 8.76. The van der Waals surface area contributed by atoms with Gasteiger partial charge in [0.1, 0.15) is 11.5 Å². The normalized spacial score (nSPS) is 9.83. The number of benzene rings is 1. The molecule has 0 radical (unpaired) electrons. The molecule has 0 aliphatic heterocycles. The largest absolute Gasteiger partial charge is 0.508 e. The number of hydrogen-bond acceptors (Lipinski definition) is 4. The van der Waals surface area contributed by atoms with E-state index in [1.54, 1.807) is 24.3 Å². The molecule has 0 aromatic heterocycles. The lowest BCUT2D eigenvalue weighted by molar-refractivity contribution is 0.243. The van der Waals surface area contributed by atoms with Crippen LogP contribution in [0, 0.1) is 0 Å². The van der Waals surface area contributed by atoms with Gasteiger partial charge in [0.15, 0.2) is 6.35 Å². The summed E-state index contributed by atoms with van der Waals surface area (Å²) in [7, 11) is -0.998. The molecule has 1 N–H and O–H groups in total. The van der Waals surface area contributed by atoms with Crippen LogP contribution < -0.4 is 4.74 Å². The van der Waals surface area contributed by atoms with Crippen molar-refractivity contribution < 1.29 is 18.9 Å². The monoisotopic (exact) mass is 274 g/mol. The summed E-state index contributed by atoms with van der Waals surface area (Å²) in [5.41, 5.74) is 0. The fraction of sp³-hybridized carbons (Fsp3) is 0.538. The Morgan fingerprint density at radius 3 is 2.22 bits per heavy atom. The van der Waals surface area contributed by atoms with E-state index in [0.29, 0.717) is 25.3 Å². The van der Waals surface area contributed by atoms with Crippen LogP contribution in [0.25, 0.3) is 0 Å². The lowest BCUT2D eigenvalue weighted by Crippen LogP contribution is -2.01. The highest BCUT2D eigenvalue weighted by atomic mass is 31.2. The van der Waals surface area contributed by atoms with Crippen LogP contribution >= 0.6 is 8.38 Å². The second-order valence-corrected chi connectivity index (χ2v) is 4.38. The molecule has 0 spiro atoms. The predicted molar refractivity (Wildman–Crippen MR) is 75.1 cm³/mol. The summed E-state index contributed by atoms with van der Waals surface area (Å²) >= 11 is 0. The van der Waals surface area contributed by atoms with Crippen LogP contribution in [0.3, 0.4) is 0 Å². The van der Waals surface area contributed by atoms with Gasteiger partial charge in [-0.25, -0.2) is 0 Å². The molecule has 0 fully saturated rings. The zero-order valence-electron chi connectivity index (χ0n) is 11.5. The summed E-state index contributed by atoms with van der Waals surface area (Å²) in [4.78, 5) is 0. The van der Waals surface area contributed by atoms with Gasteiger partial charge in [-0.2, -0.15) is 0 Å².